The van der Waals surface area contributed by atoms with Crippen LogP contribution in [0.15, 0.2) is 24.3 Å². The Morgan fingerprint density at radius 3 is 2.47 bits per heavy atom. The van der Waals surface area contributed by atoms with Gasteiger partial charge in [0.15, 0.2) is 0 Å². The van der Waals surface area contributed by atoms with Crippen LogP contribution in [0.4, 0.5) is 4.39 Å². The summed E-state index contributed by atoms with van der Waals surface area (Å²) in [5.41, 5.74) is 6.60. The molecular weight excluding hydrogens is 193 g/mol. The molecule has 84 valence electrons. The molecule has 0 saturated heterocycles. The van der Waals surface area contributed by atoms with E-state index in [-0.39, 0.29) is 11.4 Å². The Hall–Kier alpha value is -0.930. The number of hydrogen-bond acceptors (Lipinski definition) is 2. The molecule has 0 amide bonds. The third-order valence-electron chi connectivity index (χ3n) is 2.42. The summed E-state index contributed by atoms with van der Waals surface area (Å²) in [7, 11) is 0. The number of nitrogens with two attached hydrogens (primary N) is 1. The van der Waals surface area contributed by atoms with Crippen LogP contribution in [0.3, 0.4) is 0 Å². The van der Waals surface area contributed by atoms with Crippen molar-refractivity contribution in [1.82, 2.24) is 0 Å². The highest BCUT2D eigenvalue weighted by atomic mass is 19.1. The number of hydrogen-bond donors (Lipinski definition) is 1. The zero-order chi connectivity index (χ0) is 11.3. The van der Waals surface area contributed by atoms with Gasteiger partial charge in [0.2, 0.25) is 0 Å². The Morgan fingerprint density at radius 1 is 1.33 bits per heavy atom. The van der Waals surface area contributed by atoms with Gasteiger partial charge in [0.1, 0.15) is 5.82 Å². The van der Waals surface area contributed by atoms with E-state index in [4.69, 9.17) is 10.5 Å². The maximum absolute atomic E-state index is 12.6. The van der Waals surface area contributed by atoms with E-state index in [9.17, 15) is 4.39 Å². The molecule has 1 aromatic carbocycles. The third kappa shape index (κ3) is 4.40. The number of halogens is 1. The van der Waals surface area contributed by atoms with E-state index in [1.807, 2.05) is 13.8 Å². The molecule has 2 N–H and O–H groups in total. The van der Waals surface area contributed by atoms with Gasteiger partial charge in [-0.3, -0.25) is 0 Å². The Balaban J connectivity index is 2.35. The first kappa shape index (κ1) is 12.1. The van der Waals surface area contributed by atoms with Gasteiger partial charge < -0.3 is 10.5 Å². The van der Waals surface area contributed by atoms with Crippen LogP contribution in [0.25, 0.3) is 0 Å². The summed E-state index contributed by atoms with van der Waals surface area (Å²) in [6.07, 6.45) is 0.871. The molecular formula is C12H18FNO. The van der Waals surface area contributed by atoms with Gasteiger partial charge in [-0.25, -0.2) is 4.39 Å². The Labute approximate surface area is 90.2 Å². The zero-order valence-corrected chi connectivity index (χ0v) is 9.29. The maximum atomic E-state index is 12.6. The van der Waals surface area contributed by atoms with Crippen molar-refractivity contribution in [2.24, 2.45) is 5.73 Å². The van der Waals surface area contributed by atoms with Crippen molar-refractivity contribution in [3.63, 3.8) is 0 Å². The summed E-state index contributed by atoms with van der Waals surface area (Å²) in [6.45, 7) is 4.98. The topological polar surface area (TPSA) is 35.2 Å². The molecule has 0 spiro atoms. The van der Waals surface area contributed by atoms with Crippen LogP contribution in [0.2, 0.25) is 0 Å². The fourth-order valence-electron chi connectivity index (χ4n) is 1.08. The average Bonchev–Trinajstić information content (AvgIpc) is 2.21. The molecule has 1 aromatic rings. The van der Waals surface area contributed by atoms with Crippen molar-refractivity contribution in [1.29, 1.82) is 0 Å². The molecule has 0 saturated carbocycles. The van der Waals surface area contributed by atoms with E-state index in [2.05, 4.69) is 0 Å². The maximum Gasteiger partial charge on any atom is 0.123 e. The minimum Gasteiger partial charge on any atom is -0.375 e. The van der Waals surface area contributed by atoms with Gasteiger partial charge in [0.25, 0.3) is 0 Å². The summed E-state index contributed by atoms with van der Waals surface area (Å²) in [5.74, 6) is -0.226. The lowest BCUT2D eigenvalue weighted by Crippen LogP contribution is -2.40. The molecule has 3 heteroatoms. The van der Waals surface area contributed by atoms with Crippen LogP contribution in [0, 0.1) is 5.82 Å². The second-order valence-electron chi connectivity index (χ2n) is 4.13. The van der Waals surface area contributed by atoms with Gasteiger partial charge in [-0.15, -0.1) is 0 Å². The van der Waals surface area contributed by atoms with Crippen molar-refractivity contribution < 1.29 is 9.13 Å². The predicted molar refractivity (Wildman–Crippen MR) is 58.9 cm³/mol. The Kier molecular flexibility index (Phi) is 4.24. The fraction of sp³-hybridized carbons (Fsp3) is 0.500. The second kappa shape index (κ2) is 5.24. The van der Waals surface area contributed by atoms with Crippen LogP contribution in [0.5, 0.6) is 0 Å². The minimum atomic E-state index is -0.278. The van der Waals surface area contributed by atoms with Crippen LogP contribution in [-0.4, -0.2) is 12.1 Å². The monoisotopic (exact) mass is 211 g/mol. The van der Waals surface area contributed by atoms with E-state index < -0.39 is 0 Å². The zero-order valence-electron chi connectivity index (χ0n) is 9.29. The molecule has 0 aliphatic heterocycles. The highest BCUT2D eigenvalue weighted by Gasteiger charge is 2.15. The van der Waals surface area contributed by atoms with E-state index in [0.29, 0.717) is 13.2 Å². The first-order chi connectivity index (χ1) is 7.03. The summed E-state index contributed by atoms with van der Waals surface area (Å²) >= 11 is 0. The predicted octanol–water partition coefficient (Wildman–Crippen LogP) is 2.47. The fourth-order valence-corrected chi connectivity index (χ4v) is 1.08. The highest BCUT2D eigenvalue weighted by Crippen LogP contribution is 2.08. The largest absolute Gasteiger partial charge is 0.375 e. The van der Waals surface area contributed by atoms with Crippen molar-refractivity contribution in [3.8, 4) is 0 Å². The van der Waals surface area contributed by atoms with Crippen molar-refractivity contribution in [2.45, 2.75) is 32.4 Å². The van der Waals surface area contributed by atoms with Gasteiger partial charge in [0, 0.05) is 5.54 Å². The molecule has 1 atom stereocenters. The molecule has 0 aliphatic carbocycles. The molecule has 0 aromatic heterocycles. The summed E-state index contributed by atoms with van der Waals surface area (Å²) in [4.78, 5) is 0. The van der Waals surface area contributed by atoms with Crippen molar-refractivity contribution in [2.75, 3.05) is 6.61 Å². The lowest BCUT2D eigenvalue weighted by atomic mass is 10.0. The molecule has 0 bridgehead atoms. The van der Waals surface area contributed by atoms with E-state index in [0.717, 1.165) is 12.0 Å². The van der Waals surface area contributed by atoms with Crippen LogP contribution in [-0.2, 0) is 11.3 Å². The Morgan fingerprint density at radius 2 is 1.93 bits per heavy atom. The molecule has 0 fully saturated rings. The molecule has 15 heavy (non-hydrogen) atoms. The summed E-state index contributed by atoms with van der Waals surface area (Å²) < 4.78 is 18.1. The Bertz CT molecular complexity index is 295. The molecule has 0 heterocycles. The van der Waals surface area contributed by atoms with Gasteiger partial charge in [0.05, 0.1) is 13.2 Å². The first-order valence-electron chi connectivity index (χ1n) is 5.14. The van der Waals surface area contributed by atoms with Gasteiger partial charge in [-0.2, -0.15) is 0 Å². The second-order valence-corrected chi connectivity index (χ2v) is 4.13. The molecule has 0 radical (unpaired) electrons. The average molecular weight is 211 g/mol. The third-order valence-corrected chi connectivity index (χ3v) is 2.42. The standard InChI is InChI=1S/C12H18FNO/c1-3-12(2,14)9-15-8-10-4-6-11(13)7-5-10/h4-7H,3,8-9,14H2,1-2H3. The van der Waals surface area contributed by atoms with Crippen LogP contribution >= 0.6 is 0 Å². The van der Waals surface area contributed by atoms with Gasteiger partial charge in [-0.1, -0.05) is 19.1 Å². The van der Waals surface area contributed by atoms with Crippen LogP contribution < -0.4 is 5.73 Å². The van der Waals surface area contributed by atoms with Crippen LogP contribution in [0.1, 0.15) is 25.8 Å². The summed E-state index contributed by atoms with van der Waals surface area (Å²) in [6, 6.07) is 6.30. The lowest BCUT2D eigenvalue weighted by molar-refractivity contribution is 0.0777. The first-order valence-corrected chi connectivity index (χ1v) is 5.14. The van der Waals surface area contributed by atoms with Gasteiger partial charge >= 0.3 is 0 Å². The lowest BCUT2D eigenvalue weighted by Gasteiger charge is -2.22. The SMILES string of the molecule is CCC(C)(N)COCc1ccc(F)cc1. The molecule has 1 unspecified atom stereocenters. The molecule has 2 nitrogen and oxygen atoms in total. The normalized spacial score (nSPS) is 14.9. The van der Waals surface area contributed by atoms with Gasteiger partial charge in [-0.05, 0) is 31.0 Å². The summed E-state index contributed by atoms with van der Waals surface area (Å²) in [5, 5.41) is 0. The molecule has 0 aliphatic rings. The van der Waals surface area contributed by atoms with Crippen molar-refractivity contribution in [3.05, 3.63) is 35.6 Å². The number of benzene rings is 1. The van der Waals surface area contributed by atoms with E-state index >= 15 is 0 Å². The molecule has 1 rings (SSSR count). The highest BCUT2D eigenvalue weighted by molar-refractivity contribution is 5.14. The smallest absolute Gasteiger partial charge is 0.123 e. The minimum absolute atomic E-state index is 0.226. The van der Waals surface area contributed by atoms with E-state index in [1.54, 1.807) is 12.1 Å². The van der Waals surface area contributed by atoms with E-state index in [1.165, 1.54) is 12.1 Å². The van der Waals surface area contributed by atoms with Crippen molar-refractivity contribution >= 4 is 0 Å². The quantitative estimate of drug-likeness (QED) is 0.812. The number of rotatable bonds is 5. The number of ether oxygens (including phenoxy) is 1.